The minimum absolute atomic E-state index is 0.393. The molecule has 0 aliphatic carbocycles. The molecule has 1 aromatic heterocycles. The molecule has 0 amide bonds. The fourth-order valence-electron chi connectivity index (χ4n) is 3.40. The lowest BCUT2D eigenvalue weighted by atomic mass is 9.91. The first kappa shape index (κ1) is 16.9. The summed E-state index contributed by atoms with van der Waals surface area (Å²) in [4.78, 5) is 11.8. The van der Waals surface area contributed by atoms with E-state index in [1.54, 1.807) is 26.6 Å². The second kappa shape index (κ2) is 8.22. The summed E-state index contributed by atoms with van der Waals surface area (Å²) in [5, 5.41) is 0. The highest BCUT2D eigenvalue weighted by Crippen LogP contribution is 2.35. The Morgan fingerprint density at radius 1 is 1.17 bits per heavy atom. The van der Waals surface area contributed by atoms with Gasteiger partial charge >= 0.3 is 0 Å². The van der Waals surface area contributed by atoms with Crippen LogP contribution in [0.1, 0.15) is 24.5 Å². The summed E-state index contributed by atoms with van der Waals surface area (Å²) in [5.41, 5.74) is 3.02. The molecule has 1 fully saturated rings. The zero-order valence-corrected chi connectivity index (χ0v) is 14.4. The lowest BCUT2D eigenvalue weighted by Gasteiger charge is -2.32. The van der Waals surface area contributed by atoms with Gasteiger partial charge in [-0.25, -0.2) is 0 Å². The Kier molecular flexibility index (Phi) is 5.77. The van der Waals surface area contributed by atoms with Crippen molar-refractivity contribution in [1.82, 2.24) is 14.9 Å². The molecule has 0 N–H and O–H groups in total. The lowest BCUT2D eigenvalue weighted by molar-refractivity contribution is 0.127. The molecule has 0 spiro atoms. The summed E-state index contributed by atoms with van der Waals surface area (Å²) in [6, 6.07) is 8.02. The van der Waals surface area contributed by atoms with Gasteiger partial charge in [-0.2, -0.15) is 0 Å². The Labute approximate surface area is 143 Å². The van der Waals surface area contributed by atoms with Crippen LogP contribution >= 0.6 is 0 Å². The number of ether oxygens (including phenoxy) is 2. The van der Waals surface area contributed by atoms with Gasteiger partial charge in [-0.05, 0) is 31.5 Å². The van der Waals surface area contributed by atoms with Gasteiger partial charge in [-0.15, -0.1) is 0 Å². The Bertz CT molecular complexity index is 663. The van der Waals surface area contributed by atoms with E-state index in [-0.39, 0.29) is 0 Å². The van der Waals surface area contributed by atoms with Crippen LogP contribution in [0.25, 0.3) is 11.3 Å². The number of piperidine rings is 1. The Morgan fingerprint density at radius 2 is 2.00 bits per heavy atom. The molecule has 24 heavy (non-hydrogen) atoms. The molecule has 1 aliphatic rings. The lowest BCUT2D eigenvalue weighted by Crippen LogP contribution is -2.37. The molecule has 2 heterocycles. The van der Waals surface area contributed by atoms with Crippen LogP contribution in [0.2, 0.25) is 0 Å². The molecular weight excluding hydrogens is 302 g/mol. The maximum atomic E-state index is 5.52. The standard InChI is InChI=1S/C19H25N3O2/c1-23-13-12-22-11-5-6-15(14-22)18-19(21-10-9-20-18)16-7-3-4-8-17(16)24-2/h3-4,7-10,15H,5-6,11-14H2,1-2H3/t15-/m0/s1. The summed E-state index contributed by atoms with van der Waals surface area (Å²) in [5.74, 6) is 1.23. The quantitative estimate of drug-likeness (QED) is 0.816. The zero-order chi connectivity index (χ0) is 16.8. The van der Waals surface area contributed by atoms with E-state index in [1.807, 2.05) is 18.2 Å². The molecular formula is C19H25N3O2. The van der Waals surface area contributed by atoms with Crippen molar-refractivity contribution < 1.29 is 9.47 Å². The molecule has 1 aromatic carbocycles. The monoisotopic (exact) mass is 327 g/mol. The average Bonchev–Trinajstić information content (AvgIpc) is 2.66. The number of hydrogen-bond donors (Lipinski definition) is 0. The van der Waals surface area contributed by atoms with E-state index in [0.29, 0.717) is 5.92 Å². The van der Waals surface area contributed by atoms with Crippen molar-refractivity contribution in [2.75, 3.05) is 40.5 Å². The van der Waals surface area contributed by atoms with Crippen LogP contribution in [0.3, 0.4) is 0 Å². The second-order valence-electron chi connectivity index (χ2n) is 6.12. The van der Waals surface area contributed by atoms with E-state index in [4.69, 9.17) is 14.5 Å². The smallest absolute Gasteiger partial charge is 0.128 e. The van der Waals surface area contributed by atoms with Crippen LogP contribution in [0, 0.1) is 0 Å². The Hall–Kier alpha value is -1.98. The maximum Gasteiger partial charge on any atom is 0.128 e. The maximum absolute atomic E-state index is 5.52. The summed E-state index contributed by atoms with van der Waals surface area (Å²) < 4.78 is 10.7. The minimum atomic E-state index is 0.393. The normalized spacial score (nSPS) is 18.5. The van der Waals surface area contributed by atoms with Crippen LogP contribution in [-0.2, 0) is 4.74 Å². The third-order valence-electron chi connectivity index (χ3n) is 4.59. The van der Waals surface area contributed by atoms with Crippen molar-refractivity contribution >= 4 is 0 Å². The molecule has 2 aromatic rings. The van der Waals surface area contributed by atoms with Crippen LogP contribution in [0.4, 0.5) is 0 Å². The SMILES string of the molecule is COCCN1CCC[C@H](c2nccnc2-c2ccccc2OC)C1. The highest BCUT2D eigenvalue weighted by Gasteiger charge is 2.26. The molecule has 128 valence electrons. The predicted molar refractivity (Wildman–Crippen MR) is 94.3 cm³/mol. The van der Waals surface area contributed by atoms with Crippen molar-refractivity contribution in [3.8, 4) is 17.0 Å². The number of nitrogens with zero attached hydrogens (tertiary/aromatic N) is 3. The van der Waals surface area contributed by atoms with Crippen LogP contribution in [-0.4, -0.2) is 55.3 Å². The van der Waals surface area contributed by atoms with E-state index in [9.17, 15) is 0 Å². The molecule has 0 radical (unpaired) electrons. The molecule has 5 heteroatoms. The van der Waals surface area contributed by atoms with E-state index >= 15 is 0 Å². The fourth-order valence-corrected chi connectivity index (χ4v) is 3.40. The van der Waals surface area contributed by atoms with Crippen molar-refractivity contribution in [2.24, 2.45) is 0 Å². The first-order valence-electron chi connectivity index (χ1n) is 8.49. The third-order valence-corrected chi connectivity index (χ3v) is 4.59. The number of hydrogen-bond acceptors (Lipinski definition) is 5. The topological polar surface area (TPSA) is 47.5 Å². The highest BCUT2D eigenvalue weighted by molar-refractivity contribution is 5.69. The van der Waals surface area contributed by atoms with E-state index in [0.717, 1.165) is 55.4 Å². The van der Waals surface area contributed by atoms with Gasteiger partial charge in [0.05, 0.1) is 25.1 Å². The molecule has 0 saturated carbocycles. The molecule has 1 aliphatic heterocycles. The van der Waals surface area contributed by atoms with Crippen molar-refractivity contribution in [3.63, 3.8) is 0 Å². The average molecular weight is 327 g/mol. The number of methoxy groups -OCH3 is 2. The van der Waals surface area contributed by atoms with E-state index < -0.39 is 0 Å². The van der Waals surface area contributed by atoms with Crippen molar-refractivity contribution in [1.29, 1.82) is 0 Å². The largest absolute Gasteiger partial charge is 0.496 e. The number of aromatic nitrogens is 2. The molecule has 1 atom stereocenters. The fraction of sp³-hybridized carbons (Fsp3) is 0.474. The van der Waals surface area contributed by atoms with Crippen molar-refractivity contribution in [2.45, 2.75) is 18.8 Å². The molecule has 3 rings (SSSR count). The number of rotatable bonds is 6. The van der Waals surface area contributed by atoms with E-state index in [1.165, 1.54) is 6.42 Å². The number of likely N-dealkylation sites (tertiary alicyclic amines) is 1. The summed E-state index contributed by atoms with van der Waals surface area (Å²) in [6.07, 6.45) is 5.87. The van der Waals surface area contributed by atoms with Gasteiger partial charge in [0.1, 0.15) is 5.75 Å². The van der Waals surface area contributed by atoms with Gasteiger partial charge in [0, 0.05) is 44.1 Å². The first-order chi connectivity index (χ1) is 11.8. The summed E-state index contributed by atoms with van der Waals surface area (Å²) in [7, 11) is 3.45. The van der Waals surface area contributed by atoms with Gasteiger partial charge in [-0.3, -0.25) is 9.97 Å². The highest BCUT2D eigenvalue weighted by atomic mass is 16.5. The predicted octanol–water partition coefficient (Wildman–Crippen LogP) is 2.98. The van der Waals surface area contributed by atoms with Gasteiger partial charge in [0.15, 0.2) is 0 Å². The number of para-hydroxylation sites is 1. The van der Waals surface area contributed by atoms with Gasteiger partial charge in [0.25, 0.3) is 0 Å². The Balaban J connectivity index is 1.89. The Morgan fingerprint density at radius 3 is 2.83 bits per heavy atom. The summed E-state index contributed by atoms with van der Waals surface area (Å²) in [6.45, 7) is 3.87. The first-order valence-corrected chi connectivity index (χ1v) is 8.49. The van der Waals surface area contributed by atoms with Crippen LogP contribution in [0.5, 0.6) is 5.75 Å². The second-order valence-corrected chi connectivity index (χ2v) is 6.12. The van der Waals surface area contributed by atoms with Crippen LogP contribution < -0.4 is 4.74 Å². The minimum Gasteiger partial charge on any atom is -0.496 e. The summed E-state index contributed by atoms with van der Waals surface area (Å²) >= 11 is 0. The van der Waals surface area contributed by atoms with Crippen molar-refractivity contribution in [3.05, 3.63) is 42.4 Å². The molecule has 1 saturated heterocycles. The van der Waals surface area contributed by atoms with Gasteiger partial charge < -0.3 is 14.4 Å². The van der Waals surface area contributed by atoms with Gasteiger partial charge in [-0.1, -0.05) is 12.1 Å². The molecule has 0 unspecified atom stereocenters. The van der Waals surface area contributed by atoms with Gasteiger partial charge in [0.2, 0.25) is 0 Å². The van der Waals surface area contributed by atoms with E-state index in [2.05, 4.69) is 16.0 Å². The third kappa shape index (κ3) is 3.74. The van der Waals surface area contributed by atoms with Crippen LogP contribution in [0.15, 0.2) is 36.7 Å². The molecule has 0 bridgehead atoms. The number of benzene rings is 1. The molecule has 5 nitrogen and oxygen atoms in total. The zero-order valence-electron chi connectivity index (χ0n) is 14.4.